The van der Waals surface area contributed by atoms with Crippen LogP contribution < -0.4 is 5.32 Å². The van der Waals surface area contributed by atoms with E-state index in [-0.39, 0.29) is 5.48 Å². The van der Waals surface area contributed by atoms with Gasteiger partial charge in [-0.25, -0.2) is 0 Å². The molecular weight excluding hydrogens is 98.1 g/mol. The van der Waals surface area contributed by atoms with E-state index in [9.17, 15) is 0 Å². The number of thioether (sulfide) groups is 1. The van der Waals surface area contributed by atoms with Crippen LogP contribution in [0.5, 0.6) is 0 Å². The predicted molar refractivity (Wildman–Crippen MR) is 28.9 cm³/mol. The van der Waals surface area contributed by atoms with E-state index in [1.165, 1.54) is 18.2 Å². The monoisotopic (exact) mass is 107 g/mol. The molecule has 6 heavy (non-hydrogen) atoms. The molecule has 1 aliphatic heterocycles. The lowest BCUT2D eigenvalue weighted by Gasteiger charge is -1.74. The van der Waals surface area contributed by atoms with Crippen molar-refractivity contribution in [3.05, 3.63) is 0 Å². The molecular formula is C3H9NOS. The standard InChI is InChI=1S/C3H7NS.H2O/c1-2-5-3-4-1;/h4H,1-3H2;1H2. The average Bonchev–Trinajstić information content (AvgIpc) is 1.76. The van der Waals surface area contributed by atoms with Gasteiger partial charge in [0.15, 0.2) is 0 Å². The number of hydrogen-bond acceptors (Lipinski definition) is 2. The smallest absolute Gasteiger partial charge is 0.0418 e. The van der Waals surface area contributed by atoms with E-state index in [0.717, 1.165) is 0 Å². The summed E-state index contributed by atoms with van der Waals surface area (Å²) in [7, 11) is 0. The van der Waals surface area contributed by atoms with E-state index in [1.807, 2.05) is 11.8 Å². The predicted octanol–water partition coefficient (Wildman–Crippen LogP) is -0.544. The third-order valence-corrected chi connectivity index (χ3v) is 1.53. The highest BCUT2D eigenvalue weighted by atomic mass is 32.2. The molecule has 0 radical (unpaired) electrons. The zero-order valence-corrected chi connectivity index (χ0v) is 4.35. The van der Waals surface area contributed by atoms with Gasteiger partial charge in [0.25, 0.3) is 0 Å². The van der Waals surface area contributed by atoms with Gasteiger partial charge in [-0.2, -0.15) is 0 Å². The van der Waals surface area contributed by atoms with E-state index < -0.39 is 0 Å². The van der Waals surface area contributed by atoms with Crippen LogP contribution in [0, 0.1) is 0 Å². The summed E-state index contributed by atoms with van der Waals surface area (Å²) in [5, 5.41) is 3.19. The van der Waals surface area contributed by atoms with Crippen LogP contribution in [-0.4, -0.2) is 23.7 Å². The van der Waals surface area contributed by atoms with Crippen LogP contribution in [0.3, 0.4) is 0 Å². The summed E-state index contributed by atoms with van der Waals surface area (Å²) >= 11 is 1.96. The molecule has 0 aliphatic carbocycles. The highest BCUT2D eigenvalue weighted by Crippen LogP contribution is 1.99. The molecule has 0 amide bonds. The van der Waals surface area contributed by atoms with Crippen molar-refractivity contribution in [3.63, 3.8) is 0 Å². The summed E-state index contributed by atoms with van der Waals surface area (Å²) in [5.74, 6) is 2.47. The number of rotatable bonds is 0. The van der Waals surface area contributed by atoms with Gasteiger partial charge >= 0.3 is 0 Å². The normalized spacial score (nSPS) is 20.0. The second-order valence-corrected chi connectivity index (χ2v) is 2.16. The molecule has 0 aromatic heterocycles. The molecule has 1 heterocycles. The van der Waals surface area contributed by atoms with Gasteiger partial charge in [0.2, 0.25) is 0 Å². The fourth-order valence-corrected chi connectivity index (χ4v) is 1.08. The van der Waals surface area contributed by atoms with Crippen molar-refractivity contribution in [2.75, 3.05) is 18.2 Å². The first-order valence-electron chi connectivity index (χ1n) is 1.78. The van der Waals surface area contributed by atoms with Crippen molar-refractivity contribution in [2.24, 2.45) is 0 Å². The Morgan fingerprint density at radius 1 is 1.50 bits per heavy atom. The molecule has 0 unspecified atom stereocenters. The van der Waals surface area contributed by atoms with Gasteiger partial charge in [0.1, 0.15) is 0 Å². The van der Waals surface area contributed by atoms with Crippen molar-refractivity contribution >= 4 is 11.8 Å². The van der Waals surface area contributed by atoms with Crippen molar-refractivity contribution in [1.29, 1.82) is 0 Å². The van der Waals surface area contributed by atoms with E-state index >= 15 is 0 Å². The van der Waals surface area contributed by atoms with Crippen molar-refractivity contribution < 1.29 is 5.48 Å². The molecule has 0 aromatic rings. The Hall–Kier alpha value is 0.270. The second-order valence-electron chi connectivity index (χ2n) is 1.05. The zero-order chi connectivity index (χ0) is 3.54. The van der Waals surface area contributed by atoms with Gasteiger partial charge in [-0.3, -0.25) is 0 Å². The summed E-state index contributed by atoms with van der Waals surface area (Å²) in [4.78, 5) is 0. The molecule has 0 atom stereocenters. The van der Waals surface area contributed by atoms with Gasteiger partial charge in [-0.1, -0.05) is 0 Å². The minimum absolute atomic E-state index is 0. The Labute approximate surface area is 41.6 Å². The lowest BCUT2D eigenvalue weighted by Crippen LogP contribution is -2.04. The van der Waals surface area contributed by atoms with Crippen LogP contribution in [0.2, 0.25) is 0 Å². The van der Waals surface area contributed by atoms with E-state index in [2.05, 4.69) is 5.32 Å². The fraction of sp³-hybridized carbons (Fsp3) is 1.00. The quantitative estimate of drug-likeness (QED) is 0.451. The fourth-order valence-electron chi connectivity index (χ4n) is 0.361. The summed E-state index contributed by atoms with van der Waals surface area (Å²) in [6, 6.07) is 0. The molecule has 3 heteroatoms. The zero-order valence-electron chi connectivity index (χ0n) is 3.53. The molecule has 0 aromatic carbocycles. The van der Waals surface area contributed by atoms with Crippen LogP contribution in [-0.2, 0) is 0 Å². The molecule has 2 nitrogen and oxygen atoms in total. The molecule has 0 bridgehead atoms. The number of nitrogens with one attached hydrogen (secondary N) is 1. The molecule has 1 fully saturated rings. The molecule has 3 N–H and O–H groups in total. The van der Waals surface area contributed by atoms with Gasteiger partial charge < -0.3 is 10.8 Å². The lowest BCUT2D eigenvalue weighted by atomic mass is 10.8. The van der Waals surface area contributed by atoms with Crippen molar-refractivity contribution in [3.8, 4) is 0 Å². The van der Waals surface area contributed by atoms with Crippen LogP contribution in [0.25, 0.3) is 0 Å². The summed E-state index contributed by atoms with van der Waals surface area (Å²) < 4.78 is 0. The maximum absolute atomic E-state index is 3.19. The lowest BCUT2D eigenvalue weighted by molar-refractivity contribution is 0.824. The molecule has 1 saturated heterocycles. The summed E-state index contributed by atoms with van der Waals surface area (Å²) in [6.45, 7) is 1.21. The Kier molecular flexibility index (Phi) is 3.62. The Morgan fingerprint density at radius 2 is 2.33 bits per heavy atom. The molecule has 1 rings (SSSR count). The first-order chi connectivity index (χ1) is 2.50. The minimum atomic E-state index is 0. The van der Waals surface area contributed by atoms with E-state index in [1.54, 1.807) is 0 Å². The first-order valence-corrected chi connectivity index (χ1v) is 2.94. The second kappa shape index (κ2) is 3.46. The van der Waals surface area contributed by atoms with Gasteiger partial charge in [0, 0.05) is 18.2 Å². The van der Waals surface area contributed by atoms with Crippen LogP contribution in [0.4, 0.5) is 0 Å². The van der Waals surface area contributed by atoms with Crippen molar-refractivity contribution in [2.45, 2.75) is 0 Å². The largest absolute Gasteiger partial charge is 0.412 e. The summed E-state index contributed by atoms with van der Waals surface area (Å²) in [5.41, 5.74) is 0. The van der Waals surface area contributed by atoms with E-state index in [0.29, 0.717) is 0 Å². The number of hydrogen-bond donors (Lipinski definition) is 1. The minimum Gasteiger partial charge on any atom is -0.412 e. The van der Waals surface area contributed by atoms with Gasteiger partial charge in [-0.05, 0) is 0 Å². The highest BCUT2D eigenvalue weighted by Gasteiger charge is 1.93. The third kappa shape index (κ3) is 1.64. The molecule has 38 valence electrons. The topological polar surface area (TPSA) is 43.5 Å². The Morgan fingerprint density at radius 3 is 2.50 bits per heavy atom. The van der Waals surface area contributed by atoms with Crippen LogP contribution in [0.15, 0.2) is 0 Å². The maximum Gasteiger partial charge on any atom is 0.0418 e. The Balaban J connectivity index is 0.000000250. The summed E-state index contributed by atoms with van der Waals surface area (Å²) in [6.07, 6.45) is 0. The van der Waals surface area contributed by atoms with Gasteiger partial charge in [0.05, 0.1) is 0 Å². The average molecular weight is 107 g/mol. The van der Waals surface area contributed by atoms with E-state index in [4.69, 9.17) is 0 Å². The van der Waals surface area contributed by atoms with Crippen LogP contribution in [0.1, 0.15) is 0 Å². The first kappa shape index (κ1) is 6.27. The third-order valence-electron chi connectivity index (χ3n) is 0.627. The highest BCUT2D eigenvalue weighted by molar-refractivity contribution is 7.99. The molecule has 1 aliphatic rings. The molecule has 0 spiro atoms. The Bertz CT molecular complexity index is 22.4. The van der Waals surface area contributed by atoms with Crippen molar-refractivity contribution in [1.82, 2.24) is 5.32 Å². The maximum atomic E-state index is 3.19. The SMILES string of the molecule is C1CSCN1.O. The van der Waals surface area contributed by atoms with Crippen LogP contribution >= 0.6 is 11.8 Å². The molecule has 0 saturated carbocycles. The van der Waals surface area contributed by atoms with Gasteiger partial charge in [-0.15, -0.1) is 11.8 Å².